The van der Waals surface area contributed by atoms with Crippen LogP contribution >= 0.6 is 0 Å². The highest BCUT2D eigenvalue weighted by molar-refractivity contribution is 5.46. The first kappa shape index (κ1) is 10.9. The van der Waals surface area contributed by atoms with Crippen LogP contribution in [-0.4, -0.2) is 16.7 Å². The summed E-state index contributed by atoms with van der Waals surface area (Å²) in [5.41, 5.74) is -0.0168. The van der Waals surface area contributed by atoms with Crippen LogP contribution in [0.15, 0.2) is 41.5 Å². The third kappa shape index (κ3) is 1.88. The topological polar surface area (TPSA) is 67.9 Å². The van der Waals surface area contributed by atoms with Gasteiger partial charge in [0.1, 0.15) is 11.8 Å². The van der Waals surface area contributed by atoms with E-state index in [9.17, 15) is 4.79 Å². The summed E-state index contributed by atoms with van der Waals surface area (Å²) in [6.45, 7) is 0. The number of benzene rings is 1. The fourth-order valence-electron chi connectivity index (χ4n) is 1.51. The van der Waals surface area contributed by atoms with Gasteiger partial charge in [-0.25, -0.2) is 4.98 Å². The van der Waals surface area contributed by atoms with Crippen LogP contribution in [0.2, 0.25) is 0 Å². The Labute approximate surface area is 97.5 Å². The van der Waals surface area contributed by atoms with Gasteiger partial charge in [0.15, 0.2) is 0 Å². The van der Waals surface area contributed by atoms with E-state index >= 15 is 0 Å². The lowest BCUT2D eigenvalue weighted by molar-refractivity contribution is 0.412. The van der Waals surface area contributed by atoms with Gasteiger partial charge in [-0.1, -0.05) is 12.1 Å². The number of nitrogens with zero attached hydrogens (tertiary/aromatic N) is 3. The fraction of sp³-hybridized carbons (Fsp3) is 0.0833. The molecule has 17 heavy (non-hydrogen) atoms. The van der Waals surface area contributed by atoms with Gasteiger partial charge < -0.3 is 4.74 Å². The molecule has 0 aliphatic heterocycles. The van der Waals surface area contributed by atoms with Crippen LogP contribution in [0.25, 0.3) is 5.69 Å². The molecule has 0 fully saturated rings. The van der Waals surface area contributed by atoms with Gasteiger partial charge in [-0.2, -0.15) is 5.26 Å². The number of hydrogen-bond donors (Lipinski definition) is 0. The van der Waals surface area contributed by atoms with E-state index in [-0.39, 0.29) is 5.69 Å². The number of rotatable bonds is 2. The van der Waals surface area contributed by atoms with Crippen LogP contribution < -0.4 is 10.3 Å². The maximum atomic E-state index is 11.9. The van der Waals surface area contributed by atoms with Crippen molar-refractivity contribution in [1.82, 2.24) is 9.55 Å². The zero-order valence-electron chi connectivity index (χ0n) is 9.12. The van der Waals surface area contributed by atoms with Gasteiger partial charge in [0, 0.05) is 12.4 Å². The maximum Gasteiger partial charge on any atom is 0.292 e. The minimum absolute atomic E-state index is 0.140. The summed E-state index contributed by atoms with van der Waals surface area (Å²) in [5, 5.41) is 8.76. The Morgan fingerprint density at radius 1 is 1.41 bits per heavy atom. The van der Waals surface area contributed by atoms with Crippen molar-refractivity contribution in [2.45, 2.75) is 0 Å². The predicted octanol–water partition coefficient (Wildman–Crippen LogP) is 1.11. The summed E-state index contributed by atoms with van der Waals surface area (Å²) in [6, 6.07) is 8.83. The first-order chi connectivity index (χ1) is 8.27. The molecule has 0 bridgehead atoms. The molecular formula is C12H9N3O2. The molecule has 1 aromatic carbocycles. The molecule has 1 aromatic heterocycles. The standard InChI is InChI=1S/C12H9N3O2/c1-17-11-5-3-2-4-10(11)15-7-6-14-9(8-13)12(15)16/h2-7H,1H3. The van der Waals surface area contributed by atoms with Gasteiger partial charge in [0.05, 0.1) is 12.8 Å². The normalized spacial score (nSPS) is 9.65. The molecule has 0 radical (unpaired) electrons. The van der Waals surface area contributed by atoms with Crippen LogP contribution in [0.1, 0.15) is 5.69 Å². The van der Waals surface area contributed by atoms with Crippen molar-refractivity contribution in [3.63, 3.8) is 0 Å². The number of hydrogen-bond acceptors (Lipinski definition) is 4. The van der Waals surface area contributed by atoms with Gasteiger partial charge in [-0.05, 0) is 12.1 Å². The van der Waals surface area contributed by atoms with E-state index in [1.165, 1.54) is 24.1 Å². The van der Waals surface area contributed by atoms with Crippen LogP contribution in [0, 0.1) is 11.3 Å². The Kier molecular flexibility index (Phi) is 2.88. The molecule has 0 unspecified atom stereocenters. The molecule has 5 nitrogen and oxygen atoms in total. The van der Waals surface area contributed by atoms with Crippen LogP contribution in [0.3, 0.4) is 0 Å². The van der Waals surface area contributed by atoms with Crippen molar-refractivity contribution < 1.29 is 4.74 Å². The summed E-state index contributed by atoms with van der Waals surface area (Å²) in [4.78, 5) is 15.6. The lowest BCUT2D eigenvalue weighted by Gasteiger charge is -2.09. The van der Waals surface area contributed by atoms with Gasteiger partial charge in [-0.3, -0.25) is 9.36 Å². The second-order valence-corrected chi connectivity index (χ2v) is 3.23. The third-order valence-electron chi connectivity index (χ3n) is 2.29. The Hall–Kier alpha value is -2.61. The second kappa shape index (κ2) is 4.49. The number of nitriles is 1. The summed E-state index contributed by atoms with van der Waals surface area (Å²) in [5.74, 6) is 0.560. The number of methoxy groups -OCH3 is 1. The monoisotopic (exact) mass is 227 g/mol. The minimum atomic E-state index is -0.459. The molecule has 0 saturated carbocycles. The average Bonchev–Trinajstić information content (AvgIpc) is 2.39. The van der Waals surface area contributed by atoms with Gasteiger partial charge >= 0.3 is 0 Å². The molecule has 0 aliphatic rings. The maximum absolute atomic E-state index is 11.9. The molecule has 5 heteroatoms. The largest absolute Gasteiger partial charge is 0.495 e. The van der Waals surface area contributed by atoms with E-state index in [2.05, 4.69) is 4.98 Å². The van der Waals surface area contributed by atoms with Crippen molar-refractivity contribution in [2.24, 2.45) is 0 Å². The Morgan fingerprint density at radius 3 is 2.88 bits per heavy atom. The minimum Gasteiger partial charge on any atom is -0.495 e. The summed E-state index contributed by atoms with van der Waals surface area (Å²) in [6.07, 6.45) is 2.91. The third-order valence-corrected chi connectivity index (χ3v) is 2.29. The Morgan fingerprint density at radius 2 is 2.18 bits per heavy atom. The molecule has 0 amide bonds. The molecule has 1 heterocycles. The van der Waals surface area contributed by atoms with E-state index in [1.54, 1.807) is 30.3 Å². The van der Waals surface area contributed by atoms with Crippen LogP contribution in [-0.2, 0) is 0 Å². The number of ether oxygens (including phenoxy) is 1. The van der Waals surface area contributed by atoms with E-state index in [1.807, 2.05) is 0 Å². The van der Waals surface area contributed by atoms with Gasteiger partial charge in [0.25, 0.3) is 5.56 Å². The van der Waals surface area contributed by atoms with Gasteiger partial charge in [-0.15, -0.1) is 0 Å². The first-order valence-corrected chi connectivity index (χ1v) is 4.89. The highest BCUT2D eigenvalue weighted by Gasteiger charge is 2.09. The number of aromatic nitrogens is 2. The molecule has 2 rings (SSSR count). The highest BCUT2D eigenvalue weighted by Crippen LogP contribution is 2.20. The zero-order chi connectivity index (χ0) is 12.3. The Bertz CT molecular complexity index is 641. The second-order valence-electron chi connectivity index (χ2n) is 3.23. The number of para-hydroxylation sites is 2. The van der Waals surface area contributed by atoms with E-state index in [0.717, 1.165) is 0 Å². The van der Waals surface area contributed by atoms with E-state index < -0.39 is 5.56 Å². The molecule has 0 N–H and O–H groups in total. The van der Waals surface area contributed by atoms with Gasteiger partial charge in [0.2, 0.25) is 5.69 Å². The first-order valence-electron chi connectivity index (χ1n) is 4.89. The van der Waals surface area contributed by atoms with Crippen molar-refractivity contribution in [2.75, 3.05) is 7.11 Å². The van der Waals surface area contributed by atoms with E-state index in [4.69, 9.17) is 10.00 Å². The molecular weight excluding hydrogens is 218 g/mol. The zero-order valence-corrected chi connectivity index (χ0v) is 9.12. The van der Waals surface area contributed by atoms with Crippen LogP contribution in [0.5, 0.6) is 5.75 Å². The predicted molar refractivity (Wildman–Crippen MR) is 61.1 cm³/mol. The van der Waals surface area contributed by atoms with Crippen LogP contribution in [0.4, 0.5) is 0 Å². The van der Waals surface area contributed by atoms with Crippen molar-refractivity contribution in [3.05, 3.63) is 52.7 Å². The van der Waals surface area contributed by atoms with Crippen molar-refractivity contribution >= 4 is 0 Å². The molecule has 0 saturated heterocycles. The summed E-state index contributed by atoms with van der Waals surface area (Å²) in [7, 11) is 1.52. The van der Waals surface area contributed by atoms with Crippen molar-refractivity contribution in [1.29, 1.82) is 5.26 Å². The smallest absolute Gasteiger partial charge is 0.292 e. The fourth-order valence-corrected chi connectivity index (χ4v) is 1.51. The molecule has 0 spiro atoms. The summed E-state index contributed by atoms with van der Waals surface area (Å²) < 4.78 is 6.50. The van der Waals surface area contributed by atoms with Crippen molar-refractivity contribution in [3.8, 4) is 17.5 Å². The molecule has 0 atom stereocenters. The molecule has 0 aliphatic carbocycles. The van der Waals surface area contributed by atoms with E-state index in [0.29, 0.717) is 11.4 Å². The quantitative estimate of drug-likeness (QED) is 0.770. The average molecular weight is 227 g/mol. The molecule has 2 aromatic rings. The molecule has 84 valence electrons. The SMILES string of the molecule is COc1ccccc1-n1ccnc(C#N)c1=O. The Balaban J connectivity index is 2.70. The summed E-state index contributed by atoms with van der Waals surface area (Å²) >= 11 is 0. The highest BCUT2D eigenvalue weighted by atomic mass is 16.5. The lowest BCUT2D eigenvalue weighted by atomic mass is 10.3. The lowest BCUT2D eigenvalue weighted by Crippen LogP contribution is -2.21.